The molecule has 0 saturated carbocycles. The molecule has 0 atom stereocenters. The Morgan fingerprint density at radius 2 is 1.59 bits per heavy atom. The van der Waals surface area contributed by atoms with E-state index in [2.05, 4.69) is 46.4 Å². The summed E-state index contributed by atoms with van der Waals surface area (Å²) < 4.78 is 5.41. The first-order chi connectivity index (χ1) is 7.73. The highest BCUT2D eigenvalue weighted by molar-refractivity contribution is 4.84. The summed E-state index contributed by atoms with van der Waals surface area (Å²) in [6.07, 6.45) is 1.29. The molecule has 1 saturated heterocycles. The van der Waals surface area contributed by atoms with Gasteiger partial charge in [-0.25, -0.2) is 0 Å². The van der Waals surface area contributed by atoms with Crippen molar-refractivity contribution in [1.29, 1.82) is 0 Å². The van der Waals surface area contributed by atoms with Gasteiger partial charge in [-0.2, -0.15) is 0 Å². The van der Waals surface area contributed by atoms with Crippen molar-refractivity contribution in [3.63, 3.8) is 0 Å². The van der Waals surface area contributed by atoms with Crippen molar-refractivity contribution in [1.82, 2.24) is 4.90 Å². The van der Waals surface area contributed by atoms with Crippen molar-refractivity contribution >= 4 is 0 Å². The third-order valence-electron chi connectivity index (χ3n) is 4.25. The van der Waals surface area contributed by atoms with E-state index in [1.165, 1.54) is 13.0 Å². The molecule has 0 bridgehead atoms. The van der Waals surface area contributed by atoms with Gasteiger partial charge >= 0.3 is 0 Å². The van der Waals surface area contributed by atoms with Gasteiger partial charge in [-0.1, -0.05) is 41.5 Å². The number of rotatable bonds is 5. The second-order valence-electron chi connectivity index (χ2n) is 7.37. The Labute approximate surface area is 108 Å². The normalized spacial score (nSPS) is 19.9. The minimum atomic E-state index is 0.394. The molecule has 0 aromatic carbocycles. The van der Waals surface area contributed by atoms with E-state index in [0.717, 1.165) is 32.2 Å². The van der Waals surface area contributed by atoms with E-state index in [-0.39, 0.29) is 0 Å². The molecule has 2 nitrogen and oxygen atoms in total. The van der Waals surface area contributed by atoms with Crippen LogP contribution in [0.25, 0.3) is 0 Å². The number of ether oxygens (including phenoxy) is 1. The largest absolute Gasteiger partial charge is 0.379 e. The molecule has 0 aliphatic carbocycles. The molecule has 102 valence electrons. The van der Waals surface area contributed by atoms with Gasteiger partial charge in [0.1, 0.15) is 0 Å². The summed E-state index contributed by atoms with van der Waals surface area (Å²) in [5.74, 6) is 0.742. The predicted molar refractivity (Wildman–Crippen MR) is 74.3 cm³/mol. The van der Waals surface area contributed by atoms with Gasteiger partial charge in [-0.3, -0.25) is 4.90 Å². The van der Waals surface area contributed by atoms with Crippen LogP contribution < -0.4 is 0 Å². The predicted octanol–water partition coefficient (Wildman–Crippen LogP) is 3.42. The third kappa shape index (κ3) is 4.97. The van der Waals surface area contributed by atoms with Crippen LogP contribution in [0.3, 0.4) is 0 Å². The van der Waals surface area contributed by atoms with Crippen molar-refractivity contribution in [2.75, 3.05) is 32.8 Å². The van der Waals surface area contributed by atoms with Crippen LogP contribution in [0.5, 0.6) is 0 Å². The second kappa shape index (κ2) is 5.71. The van der Waals surface area contributed by atoms with Crippen LogP contribution in [0.4, 0.5) is 0 Å². The second-order valence-corrected chi connectivity index (χ2v) is 7.37. The molecule has 0 amide bonds. The first-order valence-corrected chi connectivity index (χ1v) is 7.03. The lowest BCUT2D eigenvalue weighted by atomic mass is 9.69. The van der Waals surface area contributed by atoms with E-state index < -0.39 is 0 Å². The van der Waals surface area contributed by atoms with Crippen LogP contribution in [0.1, 0.15) is 48.0 Å². The smallest absolute Gasteiger partial charge is 0.0594 e. The average molecular weight is 241 g/mol. The molecule has 1 aliphatic heterocycles. The lowest BCUT2D eigenvalue weighted by Gasteiger charge is -2.41. The van der Waals surface area contributed by atoms with Crippen LogP contribution in [0, 0.1) is 16.7 Å². The zero-order valence-electron chi connectivity index (χ0n) is 12.7. The summed E-state index contributed by atoms with van der Waals surface area (Å²) in [4.78, 5) is 2.56. The van der Waals surface area contributed by atoms with Gasteiger partial charge in [0.05, 0.1) is 13.2 Å². The molecule has 0 aromatic heterocycles. The molecule has 1 heterocycles. The summed E-state index contributed by atoms with van der Waals surface area (Å²) in [6, 6.07) is 0. The molecule has 2 heteroatoms. The van der Waals surface area contributed by atoms with E-state index in [0.29, 0.717) is 10.8 Å². The average Bonchev–Trinajstić information content (AvgIpc) is 2.16. The Morgan fingerprint density at radius 1 is 1.06 bits per heavy atom. The van der Waals surface area contributed by atoms with Gasteiger partial charge in [-0.05, 0) is 23.2 Å². The molecule has 0 aromatic rings. The summed E-state index contributed by atoms with van der Waals surface area (Å²) in [5, 5.41) is 0. The fourth-order valence-corrected chi connectivity index (χ4v) is 2.86. The SMILES string of the molecule is CC(C)C(C)(C)CC(C)(C)CN1CCOCC1. The summed E-state index contributed by atoms with van der Waals surface area (Å²) >= 11 is 0. The highest BCUT2D eigenvalue weighted by Crippen LogP contribution is 2.39. The molecular formula is C15H31NO. The standard InChI is InChI=1S/C15H31NO/c1-13(2)15(5,6)11-14(3,4)12-16-7-9-17-10-8-16/h13H,7-12H2,1-6H3. The van der Waals surface area contributed by atoms with Crippen LogP contribution >= 0.6 is 0 Å². The first-order valence-electron chi connectivity index (χ1n) is 7.03. The Kier molecular flexibility index (Phi) is 5.03. The van der Waals surface area contributed by atoms with Gasteiger partial charge in [0.15, 0.2) is 0 Å². The maximum absolute atomic E-state index is 5.41. The van der Waals surface area contributed by atoms with E-state index in [1.54, 1.807) is 0 Å². The Morgan fingerprint density at radius 3 is 2.06 bits per heavy atom. The summed E-state index contributed by atoms with van der Waals surface area (Å²) in [6.45, 7) is 19.5. The minimum absolute atomic E-state index is 0.394. The highest BCUT2D eigenvalue weighted by atomic mass is 16.5. The third-order valence-corrected chi connectivity index (χ3v) is 4.25. The van der Waals surface area contributed by atoms with Crippen LogP contribution in [0.2, 0.25) is 0 Å². The van der Waals surface area contributed by atoms with Crippen molar-refractivity contribution in [3.8, 4) is 0 Å². The topological polar surface area (TPSA) is 12.5 Å². The maximum Gasteiger partial charge on any atom is 0.0594 e. The zero-order chi connectivity index (χ0) is 13.1. The molecule has 17 heavy (non-hydrogen) atoms. The minimum Gasteiger partial charge on any atom is -0.379 e. The number of hydrogen-bond donors (Lipinski definition) is 0. The molecular weight excluding hydrogens is 210 g/mol. The summed E-state index contributed by atoms with van der Waals surface area (Å²) in [5.41, 5.74) is 0.820. The molecule has 0 radical (unpaired) electrons. The highest BCUT2D eigenvalue weighted by Gasteiger charge is 2.32. The molecule has 1 fully saturated rings. The Balaban J connectivity index is 2.49. The van der Waals surface area contributed by atoms with Crippen LogP contribution in [0.15, 0.2) is 0 Å². The molecule has 0 spiro atoms. The number of morpholine rings is 1. The molecule has 0 N–H and O–H groups in total. The van der Waals surface area contributed by atoms with Gasteiger partial charge in [0.2, 0.25) is 0 Å². The van der Waals surface area contributed by atoms with Gasteiger partial charge in [0, 0.05) is 19.6 Å². The molecule has 0 unspecified atom stereocenters. The monoisotopic (exact) mass is 241 g/mol. The fourth-order valence-electron chi connectivity index (χ4n) is 2.86. The summed E-state index contributed by atoms with van der Waals surface area (Å²) in [7, 11) is 0. The maximum atomic E-state index is 5.41. The fraction of sp³-hybridized carbons (Fsp3) is 1.00. The lowest BCUT2D eigenvalue weighted by Crippen LogP contribution is -2.43. The van der Waals surface area contributed by atoms with Gasteiger partial charge in [-0.15, -0.1) is 0 Å². The van der Waals surface area contributed by atoms with Crippen LogP contribution in [-0.2, 0) is 4.74 Å². The molecule has 1 aliphatic rings. The van der Waals surface area contributed by atoms with E-state index in [9.17, 15) is 0 Å². The van der Waals surface area contributed by atoms with Gasteiger partial charge in [0.25, 0.3) is 0 Å². The van der Waals surface area contributed by atoms with E-state index in [1.807, 2.05) is 0 Å². The van der Waals surface area contributed by atoms with Crippen molar-refractivity contribution in [3.05, 3.63) is 0 Å². The van der Waals surface area contributed by atoms with E-state index >= 15 is 0 Å². The zero-order valence-corrected chi connectivity index (χ0v) is 12.7. The first kappa shape index (κ1) is 15.0. The van der Waals surface area contributed by atoms with Crippen molar-refractivity contribution < 1.29 is 4.74 Å². The Bertz CT molecular complexity index is 227. The Hall–Kier alpha value is -0.0800. The quantitative estimate of drug-likeness (QED) is 0.731. The van der Waals surface area contributed by atoms with E-state index in [4.69, 9.17) is 4.74 Å². The number of nitrogens with zero attached hydrogens (tertiary/aromatic N) is 1. The van der Waals surface area contributed by atoms with Crippen LogP contribution in [-0.4, -0.2) is 37.7 Å². The van der Waals surface area contributed by atoms with Gasteiger partial charge < -0.3 is 4.74 Å². The lowest BCUT2D eigenvalue weighted by molar-refractivity contribution is 0.0105. The number of hydrogen-bond acceptors (Lipinski definition) is 2. The van der Waals surface area contributed by atoms with Crippen molar-refractivity contribution in [2.24, 2.45) is 16.7 Å². The van der Waals surface area contributed by atoms with Crippen molar-refractivity contribution in [2.45, 2.75) is 48.0 Å². The molecule has 1 rings (SSSR count).